The van der Waals surface area contributed by atoms with E-state index in [1.54, 1.807) is 78.8 Å². The molecule has 8 N–H and O–H groups in total. The zero-order valence-electron chi connectivity index (χ0n) is 36.6. The molecule has 1 aromatic rings. The lowest BCUT2D eigenvalue weighted by molar-refractivity contribution is -0.156. The third kappa shape index (κ3) is 21.5. The average Bonchev–Trinajstić information content (AvgIpc) is 3.48. The summed E-state index contributed by atoms with van der Waals surface area (Å²) < 4.78 is 11.4. The highest BCUT2D eigenvalue weighted by Crippen LogP contribution is 2.20. The first-order chi connectivity index (χ1) is 28.8. The Bertz CT molecular complexity index is 1810. The van der Waals surface area contributed by atoms with Crippen LogP contribution in [0.3, 0.4) is 0 Å². The van der Waals surface area contributed by atoms with Gasteiger partial charge in [0.2, 0.25) is 35.4 Å². The minimum Gasteiger partial charge on any atom is -0.460 e. The number of amides is 8. The van der Waals surface area contributed by atoms with Crippen LogP contribution >= 0.6 is 0 Å². The number of carbonyl (C=O) groups excluding carboxylic acids is 10. The highest BCUT2D eigenvalue weighted by atomic mass is 16.6. The molecule has 0 radical (unpaired) electrons. The van der Waals surface area contributed by atoms with Gasteiger partial charge in [0.25, 0.3) is 11.8 Å². The van der Waals surface area contributed by atoms with Crippen LogP contribution in [-0.4, -0.2) is 132 Å². The summed E-state index contributed by atoms with van der Waals surface area (Å²) in [4.78, 5) is 125. The topological polar surface area (TPSA) is 291 Å². The molecule has 0 fully saturated rings. The highest BCUT2D eigenvalue weighted by molar-refractivity contribution is 6.13. The maximum absolute atomic E-state index is 13.2. The van der Waals surface area contributed by atoms with E-state index in [1.165, 1.54) is 0 Å². The van der Waals surface area contributed by atoms with Crippen LogP contribution in [0.1, 0.15) is 86.1 Å². The van der Waals surface area contributed by atoms with Gasteiger partial charge in [-0.3, -0.25) is 52.8 Å². The molecule has 0 saturated heterocycles. The normalized spacial score (nSPS) is 13.8. The molecule has 20 nitrogen and oxygen atoms in total. The van der Waals surface area contributed by atoms with Gasteiger partial charge in [0, 0.05) is 50.1 Å². The van der Waals surface area contributed by atoms with Crippen molar-refractivity contribution < 1.29 is 57.4 Å². The number of nitrogens with zero attached hydrogens (tertiary/aromatic N) is 1. The molecule has 0 bridgehead atoms. The number of nitrogens with one attached hydrogen (secondary N) is 6. The Labute approximate surface area is 361 Å². The Morgan fingerprint density at radius 2 is 1.31 bits per heavy atom. The van der Waals surface area contributed by atoms with Gasteiger partial charge < -0.3 is 47.1 Å². The van der Waals surface area contributed by atoms with Crippen LogP contribution in [0.4, 0.5) is 0 Å². The molecule has 1 unspecified atom stereocenters. The Balaban J connectivity index is 1.87. The number of Topliss-reactive ketones (excluding diaryl/α,β-unsaturated/α-hetero) is 1. The Morgan fingerprint density at radius 3 is 1.92 bits per heavy atom. The average molecular weight is 871 g/mol. The third-order valence-electron chi connectivity index (χ3n) is 9.00. The van der Waals surface area contributed by atoms with Gasteiger partial charge >= 0.3 is 5.97 Å². The number of esters is 1. The molecule has 20 heteroatoms. The molecule has 8 amide bonds. The number of carbonyl (C=O) groups is 10. The van der Waals surface area contributed by atoms with Crippen molar-refractivity contribution in [2.24, 2.45) is 5.73 Å². The predicted octanol–water partition coefficient (Wildman–Crippen LogP) is -1.02. The third-order valence-corrected chi connectivity index (χ3v) is 9.00. The maximum atomic E-state index is 13.2. The van der Waals surface area contributed by atoms with E-state index in [9.17, 15) is 47.9 Å². The molecule has 62 heavy (non-hydrogen) atoms. The summed E-state index contributed by atoms with van der Waals surface area (Å²) in [6, 6.07) is 6.41. The van der Waals surface area contributed by atoms with Gasteiger partial charge in [0.15, 0.2) is 5.78 Å². The summed E-state index contributed by atoms with van der Waals surface area (Å²) in [6.45, 7) is 10.6. The lowest BCUT2D eigenvalue weighted by atomic mass is 9.99. The Morgan fingerprint density at radius 1 is 0.710 bits per heavy atom. The Hall–Kier alpha value is -6.02. The van der Waals surface area contributed by atoms with Crippen LogP contribution in [0.2, 0.25) is 0 Å². The van der Waals surface area contributed by atoms with Gasteiger partial charge in [0.1, 0.15) is 17.7 Å². The van der Waals surface area contributed by atoms with Crippen molar-refractivity contribution in [2.75, 3.05) is 39.3 Å². The fourth-order valence-corrected chi connectivity index (χ4v) is 5.75. The standard InChI is InChI=1S/C42H62N8O12/c1-40(2,3)62-37(58)22-30(47-32(53)15-17-42(6,7)61-20-18-41(4,5)49-33(54)16-19-50-35(56)13-14-36(50)57)39(60)45-24-28(51)23-44-26-34(55)48-29(38(59)46-25-31(43)52)21-27-11-9-8-10-12-27/h8-14,29-30,44H,15-26H2,1-7H3,(H2,43,52)(H,45,60)(H,46,59)(H,47,53)(H,48,55)(H,49,54)/t29-,30?/m0/s1. The van der Waals surface area contributed by atoms with E-state index in [2.05, 4.69) is 31.9 Å². The number of ether oxygens (including phenoxy) is 2. The summed E-state index contributed by atoms with van der Waals surface area (Å²) in [5.74, 6) is -5.99. The van der Waals surface area contributed by atoms with Gasteiger partial charge in [-0.05, 0) is 66.9 Å². The predicted molar refractivity (Wildman–Crippen MR) is 224 cm³/mol. The van der Waals surface area contributed by atoms with Gasteiger partial charge in [-0.1, -0.05) is 30.3 Å². The summed E-state index contributed by atoms with van der Waals surface area (Å²) in [7, 11) is 0. The largest absolute Gasteiger partial charge is 0.460 e. The summed E-state index contributed by atoms with van der Waals surface area (Å²) >= 11 is 0. The molecule has 1 aromatic carbocycles. The van der Waals surface area contributed by atoms with Gasteiger partial charge in [-0.15, -0.1) is 0 Å². The molecule has 342 valence electrons. The molecule has 0 aromatic heterocycles. The highest BCUT2D eigenvalue weighted by Gasteiger charge is 2.30. The van der Waals surface area contributed by atoms with Gasteiger partial charge in [-0.2, -0.15) is 0 Å². The summed E-state index contributed by atoms with van der Waals surface area (Å²) in [5, 5.41) is 15.4. The molecule has 1 heterocycles. The second-order valence-electron chi connectivity index (χ2n) is 17.0. The van der Waals surface area contributed by atoms with Crippen molar-refractivity contribution in [1.82, 2.24) is 36.8 Å². The van der Waals surface area contributed by atoms with Crippen LogP contribution in [-0.2, 0) is 63.8 Å². The van der Waals surface area contributed by atoms with E-state index < -0.39 is 101 Å². The second kappa shape index (κ2) is 24.4. The molecule has 2 atom stereocenters. The van der Waals surface area contributed by atoms with E-state index in [4.69, 9.17) is 15.2 Å². The monoisotopic (exact) mass is 870 g/mol. The smallest absolute Gasteiger partial charge is 0.308 e. The van der Waals surface area contributed by atoms with E-state index in [0.29, 0.717) is 6.42 Å². The van der Waals surface area contributed by atoms with E-state index in [-0.39, 0.29) is 57.8 Å². The summed E-state index contributed by atoms with van der Waals surface area (Å²) in [6.07, 6.45) is 2.34. The molecule has 0 spiro atoms. The number of primary amides is 1. The first-order valence-corrected chi connectivity index (χ1v) is 20.2. The lowest BCUT2D eigenvalue weighted by Crippen LogP contribution is -2.52. The molecule has 0 saturated carbocycles. The van der Waals surface area contributed by atoms with Crippen LogP contribution in [0.25, 0.3) is 0 Å². The number of ketones is 1. The molecule has 2 rings (SSSR count). The second-order valence-corrected chi connectivity index (χ2v) is 17.0. The zero-order valence-corrected chi connectivity index (χ0v) is 36.6. The van der Waals surface area contributed by atoms with Crippen molar-refractivity contribution in [3.63, 3.8) is 0 Å². The van der Waals surface area contributed by atoms with Gasteiger partial charge in [0.05, 0.1) is 38.2 Å². The van der Waals surface area contributed by atoms with Crippen molar-refractivity contribution >= 4 is 59.0 Å². The first-order valence-electron chi connectivity index (χ1n) is 20.2. The maximum Gasteiger partial charge on any atom is 0.308 e. The molecule has 1 aliphatic rings. The number of hydrogen-bond donors (Lipinski definition) is 7. The van der Waals surface area contributed by atoms with Crippen LogP contribution in [0.15, 0.2) is 42.5 Å². The number of hydrogen-bond acceptors (Lipinski definition) is 13. The minimum atomic E-state index is -1.39. The van der Waals surface area contributed by atoms with Gasteiger partial charge in [-0.25, -0.2) is 0 Å². The van der Waals surface area contributed by atoms with E-state index in [0.717, 1.165) is 22.6 Å². The molecular weight excluding hydrogens is 809 g/mol. The van der Waals surface area contributed by atoms with Crippen molar-refractivity contribution in [3.8, 4) is 0 Å². The number of imide groups is 1. The molecular formula is C42H62N8O12. The minimum absolute atomic E-state index is 0.0413. The van der Waals surface area contributed by atoms with Crippen LogP contribution in [0.5, 0.6) is 0 Å². The first kappa shape index (κ1) is 52.1. The van der Waals surface area contributed by atoms with Crippen molar-refractivity contribution in [1.29, 1.82) is 0 Å². The van der Waals surface area contributed by atoms with Crippen molar-refractivity contribution in [2.45, 2.75) is 116 Å². The SMILES string of the molecule is CC(C)(CCOC(C)(C)CCC(=O)NC(CC(=O)OC(C)(C)C)C(=O)NCC(=O)CNCC(=O)N[C@@H](Cc1ccccc1)C(=O)NCC(N)=O)NC(=O)CCN1C(=O)C=CC1=O. The summed E-state index contributed by atoms with van der Waals surface area (Å²) in [5.41, 5.74) is 3.47. The number of rotatable bonds is 27. The Kier molecular flexibility index (Phi) is 20.5. The number of nitrogens with two attached hydrogens (primary N) is 1. The van der Waals surface area contributed by atoms with E-state index >= 15 is 0 Å². The molecule has 0 aliphatic carbocycles. The number of benzene rings is 1. The zero-order chi connectivity index (χ0) is 46.7. The van der Waals surface area contributed by atoms with Crippen LogP contribution in [0, 0.1) is 0 Å². The van der Waals surface area contributed by atoms with Crippen molar-refractivity contribution in [3.05, 3.63) is 48.0 Å². The lowest BCUT2D eigenvalue weighted by Gasteiger charge is -2.30. The molecule has 1 aliphatic heterocycles. The van der Waals surface area contributed by atoms with E-state index in [1.807, 2.05) is 0 Å². The quantitative estimate of drug-likeness (QED) is 0.0412. The van der Waals surface area contributed by atoms with Crippen LogP contribution < -0.4 is 37.6 Å². The fourth-order valence-electron chi connectivity index (χ4n) is 5.75. The fraction of sp³-hybridized carbons (Fsp3) is 0.571.